The molecule has 3 aromatic rings. The number of hydrogen-bond donors (Lipinski definition) is 0. The Morgan fingerprint density at radius 3 is 2.46 bits per heavy atom. The second kappa shape index (κ2) is 7.39. The molecule has 24 heavy (non-hydrogen) atoms. The lowest BCUT2D eigenvalue weighted by molar-refractivity contribution is 0.0528. The monoisotopic (exact) mass is 322 g/mol. The SMILES string of the molecule is CCCCCc1cccc2nc3cccc(C(=O)OCC)c3nc12. The molecule has 0 N–H and O–H groups in total. The fourth-order valence-electron chi connectivity index (χ4n) is 2.92. The highest BCUT2D eigenvalue weighted by Gasteiger charge is 2.14. The second-order valence-corrected chi connectivity index (χ2v) is 5.86. The first-order valence-corrected chi connectivity index (χ1v) is 8.60. The van der Waals surface area contributed by atoms with Crippen LogP contribution >= 0.6 is 0 Å². The Labute approximate surface area is 141 Å². The van der Waals surface area contributed by atoms with Crippen molar-refractivity contribution in [1.82, 2.24) is 9.97 Å². The summed E-state index contributed by atoms with van der Waals surface area (Å²) in [6.45, 7) is 4.34. The van der Waals surface area contributed by atoms with Crippen LogP contribution in [0.3, 0.4) is 0 Å². The van der Waals surface area contributed by atoms with Gasteiger partial charge in [-0.25, -0.2) is 14.8 Å². The van der Waals surface area contributed by atoms with E-state index < -0.39 is 0 Å². The predicted octanol–water partition coefficient (Wildman–Crippen LogP) is 4.69. The summed E-state index contributed by atoms with van der Waals surface area (Å²) >= 11 is 0. The Morgan fingerprint density at radius 1 is 0.958 bits per heavy atom. The number of carbonyl (C=O) groups excluding carboxylic acids is 1. The van der Waals surface area contributed by atoms with Gasteiger partial charge in [-0.1, -0.05) is 38.0 Å². The van der Waals surface area contributed by atoms with E-state index in [0.29, 0.717) is 17.7 Å². The van der Waals surface area contributed by atoms with E-state index in [1.807, 2.05) is 24.3 Å². The number of nitrogens with zero attached hydrogens (tertiary/aromatic N) is 2. The summed E-state index contributed by atoms with van der Waals surface area (Å²) in [5.74, 6) is -0.347. The van der Waals surface area contributed by atoms with Crippen LogP contribution in [-0.4, -0.2) is 22.5 Å². The van der Waals surface area contributed by atoms with Crippen molar-refractivity contribution in [3.05, 3.63) is 47.5 Å². The lowest BCUT2D eigenvalue weighted by Crippen LogP contribution is -2.06. The summed E-state index contributed by atoms with van der Waals surface area (Å²) in [5, 5.41) is 0. The Kier molecular flexibility index (Phi) is 5.04. The summed E-state index contributed by atoms with van der Waals surface area (Å²) < 4.78 is 5.15. The Balaban J connectivity index is 2.13. The van der Waals surface area contributed by atoms with E-state index in [4.69, 9.17) is 14.7 Å². The van der Waals surface area contributed by atoms with Gasteiger partial charge < -0.3 is 4.74 Å². The molecule has 0 fully saturated rings. The standard InChI is InChI=1S/C20H22N2O2/c1-3-5-6-9-14-10-7-12-16-18(14)22-19-15(20(23)24-4-2)11-8-13-17(19)21-16/h7-8,10-13H,3-6,9H2,1-2H3. The van der Waals surface area contributed by atoms with Gasteiger partial charge in [-0.2, -0.15) is 0 Å². The molecule has 0 radical (unpaired) electrons. The summed E-state index contributed by atoms with van der Waals surface area (Å²) in [6, 6.07) is 11.6. The zero-order valence-corrected chi connectivity index (χ0v) is 14.2. The topological polar surface area (TPSA) is 52.1 Å². The molecule has 0 unspecified atom stereocenters. The number of unbranched alkanes of at least 4 members (excludes halogenated alkanes) is 2. The molecule has 1 aromatic heterocycles. The van der Waals surface area contributed by atoms with E-state index in [2.05, 4.69) is 13.0 Å². The van der Waals surface area contributed by atoms with Crippen molar-refractivity contribution in [2.75, 3.05) is 6.61 Å². The number of rotatable bonds is 6. The average molecular weight is 322 g/mol. The molecule has 0 aliphatic heterocycles. The van der Waals surface area contributed by atoms with Gasteiger partial charge in [0, 0.05) is 0 Å². The van der Waals surface area contributed by atoms with Gasteiger partial charge in [-0.15, -0.1) is 0 Å². The van der Waals surface area contributed by atoms with Crippen LogP contribution in [-0.2, 0) is 11.2 Å². The maximum Gasteiger partial charge on any atom is 0.340 e. The number of carbonyl (C=O) groups is 1. The minimum atomic E-state index is -0.347. The molecule has 1 heterocycles. The molecule has 3 rings (SSSR count). The van der Waals surface area contributed by atoms with Crippen LogP contribution in [0, 0.1) is 0 Å². The predicted molar refractivity (Wildman–Crippen MR) is 96.2 cm³/mol. The largest absolute Gasteiger partial charge is 0.462 e. The van der Waals surface area contributed by atoms with E-state index in [1.54, 1.807) is 13.0 Å². The van der Waals surface area contributed by atoms with E-state index in [1.165, 1.54) is 18.4 Å². The van der Waals surface area contributed by atoms with Gasteiger partial charge in [0.2, 0.25) is 0 Å². The van der Waals surface area contributed by atoms with Gasteiger partial charge in [-0.3, -0.25) is 0 Å². The van der Waals surface area contributed by atoms with Gasteiger partial charge in [0.25, 0.3) is 0 Å². The van der Waals surface area contributed by atoms with Crippen molar-refractivity contribution in [2.45, 2.75) is 39.5 Å². The van der Waals surface area contributed by atoms with Crippen LogP contribution in [0.15, 0.2) is 36.4 Å². The first-order valence-electron chi connectivity index (χ1n) is 8.60. The van der Waals surface area contributed by atoms with Crippen molar-refractivity contribution >= 4 is 28.0 Å². The maximum atomic E-state index is 12.2. The zero-order valence-electron chi connectivity index (χ0n) is 14.2. The molecule has 0 aliphatic rings. The molecule has 0 spiro atoms. The number of fused-ring (bicyclic) bond motifs is 2. The summed E-state index contributed by atoms with van der Waals surface area (Å²) in [5.41, 5.74) is 4.77. The van der Waals surface area contributed by atoms with Gasteiger partial charge in [0.05, 0.1) is 28.7 Å². The van der Waals surface area contributed by atoms with Crippen molar-refractivity contribution in [1.29, 1.82) is 0 Å². The molecular formula is C20H22N2O2. The maximum absolute atomic E-state index is 12.2. The van der Waals surface area contributed by atoms with Gasteiger partial charge in [0.1, 0.15) is 5.52 Å². The zero-order chi connectivity index (χ0) is 16.9. The average Bonchev–Trinajstić information content (AvgIpc) is 2.60. The number of aromatic nitrogens is 2. The van der Waals surface area contributed by atoms with Crippen molar-refractivity contribution < 1.29 is 9.53 Å². The molecular weight excluding hydrogens is 300 g/mol. The van der Waals surface area contributed by atoms with E-state index in [9.17, 15) is 4.79 Å². The third-order valence-corrected chi connectivity index (χ3v) is 4.12. The van der Waals surface area contributed by atoms with Gasteiger partial charge in [0.15, 0.2) is 0 Å². The van der Waals surface area contributed by atoms with Crippen molar-refractivity contribution in [3.8, 4) is 0 Å². The first kappa shape index (κ1) is 16.4. The molecule has 2 aromatic carbocycles. The van der Waals surface area contributed by atoms with Crippen LogP contribution in [0.2, 0.25) is 0 Å². The first-order chi connectivity index (χ1) is 11.7. The molecule has 0 bridgehead atoms. The molecule has 4 heteroatoms. The van der Waals surface area contributed by atoms with Crippen LogP contribution < -0.4 is 0 Å². The molecule has 0 amide bonds. The molecule has 0 saturated carbocycles. The Morgan fingerprint density at radius 2 is 1.71 bits per heavy atom. The molecule has 0 atom stereocenters. The van der Waals surface area contributed by atoms with Crippen LogP contribution in [0.1, 0.15) is 49.0 Å². The summed E-state index contributed by atoms with van der Waals surface area (Å²) in [4.78, 5) is 21.7. The smallest absolute Gasteiger partial charge is 0.340 e. The number of esters is 1. The van der Waals surface area contributed by atoms with Gasteiger partial charge in [-0.05, 0) is 43.5 Å². The fourth-order valence-corrected chi connectivity index (χ4v) is 2.92. The summed E-state index contributed by atoms with van der Waals surface area (Å²) in [7, 11) is 0. The van der Waals surface area contributed by atoms with Gasteiger partial charge >= 0.3 is 5.97 Å². The van der Waals surface area contributed by atoms with Crippen molar-refractivity contribution in [2.24, 2.45) is 0 Å². The van der Waals surface area contributed by atoms with Crippen molar-refractivity contribution in [3.63, 3.8) is 0 Å². The molecule has 0 aliphatic carbocycles. The highest BCUT2D eigenvalue weighted by molar-refractivity contribution is 6.03. The Hall–Kier alpha value is -2.49. The third-order valence-electron chi connectivity index (χ3n) is 4.12. The third kappa shape index (κ3) is 3.23. The minimum Gasteiger partial charge on any atom is -0.462 e. The number of hydrogen-bond acceptors (Lipinski definition) is 4. The normalized spacial score (nSPS) is 11.1. The number of para-hydroxylation sites is 2. The number of ether oxygens (including phenoxy) is 1. The second-order valence-electron chi connectivity index (χ2n) is 5.86. The van der Waals surface area contributed by atoms with Crippen LogP contribution in [0.4, 0.5) is 0 Å². The number of aryl methyl sites for hydroxylation is 1. The van der Waals surface area contributed by atoms with Crippen LogP contribution in [0.5, 0.6) is 0 Å². The lowest BCUT2D eigenvalue weighted by Gasteiger charge is -2.09. The number of benzene rings is 2. The van der Waals surface area contributed by atoms with E-state index in [0.717, 1.165) is 29.4 Å². The molecule has 124 valence electrons. The minimum absolute atomic E-state index is 0.346. The fraction of sp³-hybridized carbons (Fsp3) is 0.350. The Bertz CT molecular complexity index is 874. The summed E-state index contributed by atoms with van der Waals surface area (Å²) in [6.07, 6.45) is 4.50. The molecule has 4 nitrogen and oxygen atoms in total. The highest BCUT2D eigenvalue weighted by atomic mass is 16.5. The van der Waals surface area contributed by atoms with Crippen LogP contribution in [0.25, 0.3) is 22.1 Å². The molecule has 0 saturated heterocycles. The van der Waals surface area contributed by atoms with E-state index in [-0.39, 0.29) is 5.97 Å². The lowest BCUT2D eigenvalue weighted by atomic mass is 10.0. The quantitative estimate of drug-likeness (QED) is 0.375. The highest BCUT2D eigenvalue weighted by Crippen LogP contribution is 2.23. The van der Waals surface area contributed by atoms with E-state index >= 15 is 0 Å².